The molecule has 1 aliphatic rings. The number of para-hydroxylation sites is 1. The van der Waals surface area contributed by atoms with Crippen LogP contribution in [0.5, 0.6) is 5.88 Å². The largest absolute Gasteiger partial charge is 0.492 e. The maximum atomic E-state index is 10.9. The van der Waals surface area contributed by atoms with Crippen molar-refractivity contribution >= 4 is 22.0 Å². The summed E-state index contributed by atoms with van der Waals surface area (Å²) in [4.78, 5) is 10.8. The first-order valence-electron chi connectivity index (χ1n) is 9.83. The number of hydrogen-bond donors (Lipinski definition) is 1. The van der Waals surface area contributed by atoms with Gasteiger partial charge in [-0.15, -0.1) is 0 Å². The van der Waals surface area contributed by atoms with E-state index in [1.807, 2.05) is 0 Å². The number of nitrogens with zero attached hydrogens (tertiary/aromatic N) is 5. The molecule has 1 N–H and O–H groups in total. The van der Waals surface area contributed by atoms with Crippen LogP contribution < -0.4 is 4.90 Å². The Labute approximate surface area is 173 Å². The van der Waals surface area contributed by atoms with Gasteiger partial charge in [0, 0.05) is 31.9 Å². The van der Waals surface area contributed by atoms with E-state index in [0.717, 1.165) is 36.0 Å². The fourth-order valence-electron chi connectivity index (χ4n) is 4.03. The zero-order valence-electron chi connectivity index (χ0n) is 16.3. The molecular formula is C22H23N5OS. The highest BCUT2D eigenvalue weighted by Crippen LogP contribution is 2.40. The summed E-state index contributed by atoms with van der Waals surface area (Å²) in [5.74, 6) is 0.193. The van der Waals surface area contributed by atoms with Gasteiger partial charge in [-0.3, -0.25) is 4.90 Å². The van der Waals surface area contributed by atoms with Gasteiger partial charge in [-0.05, 0) is 24.6 Å². The van der Waals surface area contributed by atoms with E-state index in [1.54, 1.807) is 0 Å². The summed E-state index contributed by atoms with van der Waals surface area (Å²) < 4.78 is 1.53. The van der Waals surface area contributed by atoms with Gasteiger partial charge in [0.25, 0.3) is 0 Å². The number of anilines is 1. The summed E-state index contributed by atoms with van der Waals surface area (Å²) in [6.45, 7) is 5.83. The van der Waals surface area contributed by atoms with Gasteiger partial charge >= 0.3 is 0 Å². The monoisotopic (exact) mass is 405 g/mol. The average molecular weight is 406 g/mol. The molecule has 0 amide bonds. The van der Waals surface area contributed by atoms with Crippen molar-refractivity contribution in [3.8, 4) is 5.88 Å². The van der Waals surface area contributed by atoms with Crippen LogP contribution in [0.25, 0.3) is 4.96 Å². The number of aromatic hydroxyl groups is 1. The molecule has 148 valence electrons. The topological polar surface area (TPSA) is 56.9 Å². The summed E-state index contributed by atoms with van der Waals surface area (Å²) in [6.07, 6.45) is 1.48. The van der Waals surface area contributed by atoms with Gasteiger partial charge in [0.2, 0.25) is 10.8 Å². The lowest BCUT2D eigenvalue weighted by Gasteiger charge is -2.40. The Kier molecular flexibility index (Phi) is 4.69. The third-order valence-corrected chi connectivity index (χ3v) is 6.67. The van der Waals surface area contributed by atoms with Crippen LogP contribution in [0.3, 0.4) is 0 Å². The zero-order chi connectivity index (χ0) is 19.8. The molecule has 1 atom stereocenters. The van der Waals surface area contributed by atoms with Gasteiger partial charge in [-0.25, -0.2) is 4.98 Å². The fraction of sp³-hybridized carbons (Fsp3) is 0.273. The molecule has 0 spiro atoms. The van der Waals surface area contributed by atoms with Crippen LogP contribution >= 0.6 is 11.3 Å². The lowest BCUT2D eigenvalue weighted by atomic mass is 10.0. The lowest BCUT2D eigenvalue weighted by Crippen LogP contribution is -2.47. The summed E-state index contributed by atoms with van der Waals surface area (Å²) in [7, 11) is 0. The SMILES string of the molecule is Cc1ccc(C(c2sc3ncnn3c2O)N2CCN(c3ccccc3)CC2)cc1. The standard InChI is InChI=1S/C22H23N5OS/c1-16-7-9-17(10-8-16)19(20-21(28)27-22(29-20)23-15-24-27)26-13-11-25(12-14-26)18-5-3-2-4-6-18/h2-10,15,19,28H,11-14H2,1H3. The molecule has 6 nitrogen and oxygen atoms in total. The van der Waals surface area contributed by atoms with Crippen LogP contribution in [0.4, 0.5) is 5.69 Å². The number of hydrogen-bond acceptors (Lipinski definition) is 6. The van der Waals surface area contributed by atoms with Crippen LogP contribution in [0.2, 0.25) is 0 Å². The van der Waals surface area contributed by atoms with Crippen LogP contribution in [0, 0.1) is 6.92 Å². The number of rotatable bonds is 4. The van der Waals surface area contributed by atoms with Gasteiger partial charge in [0.1, 0.15) is 6.33 Å². The second-order valence-electron chi connectivity index (χ2n) is 7.42. The maximum Gasteiger partial charge on any atom is 0.230 e. The van der Waals surface area contributed by atoms with Gasteiger partial charge in [0.15, 0.2) is 0 Å². The summed E-state index contributed by atoms with van der Waals surface area (Å²) in [6, 6.07) is 19.1. The Bertz CT molecular complexity index is 1100. The quantitative estimate of drug-likeness (QED) is 0.561. The molecular weight excluding hydrogens is 382 g/mol. The van der Waals surface area contributed by atoms with Gasteiger partial charge in [-0.1, -0.05) is 59.4 Å². The highest BCUT2D eigenvalue weighted by Gasteiger charge is 2.31. The van der Waals surface area contributed by atoms with Gasteiger partial charge < -0.3 is 10.0 Å². The molecule has 1 fully saturated rings. The number of benzene rings is 2. The van der Waals surface area contributed by atoms with E-state index in [0.29, 0.717) is 0 Å². The molecule has 0 radical (unpaired) electrons. The Morgan fingerprint density at radius 3 is 2.38 bits per heavy atom. The first kappa shape index (κ1) is 18.1. The normalized spacial score (nSPS) is 16.4. The Hall–Kier alpha value is -2.90. The molecule has 2 aromatic carbocycles. The van der Waals surface area contributed by atoms with E-state index in [-0.39, 0.29) is 11.9 Å². The number of aromatic nitrogens is 3. The molecule has 0 bridgehead atoms. The van der Waals surface area contributed by atoms with Gasteiger partial charge in [0.05, 0.1) is 10.9 Å². The van der Waals surface area contributed by atoms with Crippen molar-refractivity contribution in [3.63, 3.8) is 0 Å². The van der Waals surface area contributed by atoms with E-state index in [9.17, 15) is 5.11 Å². The van der Waals surface area contributed by atoms with E-state index in [1.165, 1.54) is 39.0 Å². The number of fused-ring (bicyclic) bond motifs is 1. The summed E-state index contributed by atoms with van der Waals surface area (Å²) in [5, 5.41) is 15.0. The molecule has 29 heavy (non-hydrogen) atoms. The van der Waals surface area contributed by atoms with Crippen molar-refractivity contribution in [3.05, 3.63) is 76.9 Å². The highest BCUT2D eigenvalue weighted by atomic mass is 32.1. The first-order valence-corrected chi connectivity index (χ1v) is 10.6. The molecule has 5 rings (SSSR count). The van der Waals surface area contributed by atoms with Crippen molar-refractivity contribution in [1.29, 1.82) is 0 Å². The Morgan fingerprint density at radius 1 is 0.966 bits per heavy atom. The molecule has 3 heterocycles. The third-order valence-electron chi connectivity index (χ3n) is 5.58. The maximum absolute atomic E-state index is 10.9. The van der Waals surface area contributed by atoms with Crippen molar-refractivity contribution < 1.29 is 5.11 Å². The number of thiazole rings is 1. The van der Waals surface area contributed by atoms with E-state index < -0.39 is 0 Å². The van der Waals surface area contributed by atoms with Crippen molar-refractivity contribution in [1.82, 2.24) is 19.5 Å². The summed E-state index contributed by atoms with van der Waals surface area (Å²) >= 11 is 1.51. The predicted molar refractivity (Wildman–Crippen MR) is 116 cm³/mol. The lowest BCUT2D eigenvalue weighted by molar-refractivity contribution is 0.211. The molecule has 4 aromatic rings. The highest BCUT2D eigenvalue weighted by molar-refractivity contribution is 7.17. The molecule has 0 aliphatic carbocycles. The van der Waals surface area contributed by atoms with Crippen molar-refractivity contribution in [2.75, 3.05) is 31.1 Å². The minimum atomic E-state index is -0.0120. The average Bonchev–Trinajstić information content (AvgIpc) is 3.34. The first-order chi connectivity index (χ1) is 14.2. The number of piperazine rings is 1. The van der Waals surface area contributed by atoms with Crippen LogP contribution in [0.15, 0.2) is 60.9 Å². The molecule has 0 saturated carbocycles. The summed E-state index contributed by atoms with van der Waals surface area (Å²) in [5.41, 5.74) is 3.68. The van der Waals surface area contributed by atoms with E-state index in [2.05, 4.69) is 81.4 Å². The predicted octanol–water partition coefficient (Wildman–Crippen LogP) is 3.72. The second-order valence-corrected chi connectivity index (χ2v) is 8.43. The van der Waals surface area contributed by atoms with Crippen LogP contribution in [-0.4, -0.2) is 50.8 Å². The van der Waals surface area contributed by atoms with E-state index >= 15 is 0 Å². The molecule has 1 saturated heterocycles. The molecule has 1 unspecified atom stereocenters. The van der Waals surface area contributed by atoms with E-state index in [4.69, 9.17) is 0 Å². The Morgan fingerprint density at radius 2 is 1.69 bits per heavy atom. The van der Waals surface area contributed by atoms with Crippen LogP contribution in [-0.2, 0) is 0 Å². The fourth-order valence-corrected chi connectivity index (χ4v) is 5.12. The van der Waals surface area contributed by atoms with Crippen molar-refractivity contribution in [2.45, 2.75) is 13.0 Å². The smallest absolute Gasteiger partial charge is 0.230 e. The third kappa shape index (κ3) is 3.36. The number of aryl methyl sites for hydroxylation is 1. The minimum absolute atomic E-state index is 0.0120. The van der Waals surface area contributed by atoms with Crippen molar-refractivity contribution in [2.24, 2.45) is 0 Å². The zero-order valence-corrected chi connectivity index (χ0v) is 17.1. The molecule has 1 aliphatic heterocycles. The molecule has 7 heteroatoms. The minimum Gasteiger partial charge on any atom is -0.492 e. The van der Waals surface area contributed by atoms with Gasteiger partial charge in [-0.2, -0.15) is 9.61 Å². The molecule has 2 aromatic heterocycles. The second kappa shape index (κ2) is 7.50. The Balaban J connectivity index is 1.47. The van der Waals surface area contributed by atoms with Crippen LogP contribution in [0.1, 0.15) is 22.0 Å².